The molecule has 2 N–H and O–H groups in total. The molecule has 0 spiro atoms. The lowest BCUT2D eigenvalue weighted by atomic mass is 10.1. The highest BCUT2D eigenvalue weighted by Crippen LogP contribution is 2.21. The second kappa shape index (κ2) is 9.82. The summed E-state index contributed by atoms with van der Waals surface area (Å²) in [6.07, 6.45) is 0.646. The largest absolute Gasteiger partial charge is 0.379 e. The van der Waals surface area contributed by atoms with Crippen LogP contribution < -0.4 is 10.6 Å². The van der Waals surface area contributed by atoms with Crippen molar-refractivity contribution in [2.24, 2.45) is 0 Å². The summed E-state index contributed by atoms with van der Waals surface area (Å²) in [6, 6.07) is 9.93. The number of benzene rings is 1. The van der Waals surface area contributed by atoms with Crippen molar-refractivity contribution in [2.45, 2.75) is 32.0 Å². The third-order valence-electron chi connectivity index (χ3n) is 5.12. The van der Waals surface area contributed by atoms with Gasteiger partial charge in [0.05, 0.1) is 25.8 Å². The minimum Gasteiger partial charge on any atom is -0.379 e. The van der Waals surface area contributed by atoms with Gasteiger partial charge >= 0.3 is 0 Å². The SMILES string of the molecule is CCNC(=O)[C@@H]1C[C@@H](NC(=O)CN2CCOCC2)CN1Cc1ccccc1. The van der Waals surface area contributed by atoms with Crippen LogP contribution in [0.3, 0.4) is 0 Å². The highest BCUT2D eigenvalue weighted by atomic mass is 16.5. The van der Waals surface area contributed by atoms with Gasteiger partial charge in [-0.05, 0) is 18.9 Å². The van der Waals surface area contributed by atoms with Gasteiger partial charge in [0.1, 0.15) is 0 Å². The fourth-order valence-electron chi connectivity index (χ4n) is 3.80. The van der Waals surface area contributed by atoms with Crippen LogP contribution in [0.5, 0.6) is 0 Å². The molecule has 7 nitrogen and oxygen atoms in total. The number of nitrogens with zero attached hydrogens (tertiary/aromatic N) is 2. The van der Waals surface area contributed by atoms with Crippen molar-refractivity contribution in [3.8, 4) is 0 Å². The van der Waals surface area contributed by atoms with E-state index in [1.54, 1.807) is 0 Å². The molecule has 0 aliphatic carbocycles. The van der Waals surface area contributed by atoms with Crippen molar-refractivity contribution < 1.29 is 14.3 Å². The highest BCUT2D eigenvalue weighted by molar-refractivity contribution is 5.83. The van der Waals surface area contributed by atoms with Crippen molar-refractivity contribution >= 4 is 11.8 Å². The molecular weight excluding hydrogens is 344 g/mol. The second-order valence-electron chi connectivity index (χ2n) is 7.21. The molecule has 0 bridgehead atoms. The number of likely N-dealkylation sites (N-methyl/N-ethyl adjacent to an activating group) is 1. The lowest BCUT2D eigenvalue weighted by Gasteiger charge is -2.26. The number of rotatable bonds is 7. The number of nitrogens with one attached hydrogen (secondary N) is 2. The summed E-state index contributed by atoms with van der Waals surface area (Å²) in [4.78, 5) is 29.2. The Balaban J connectivity index is 1.57. The zero-order valence-electron chi connectivity index (χ0n) is 16.0. The molecule has 0 radical (unpaired) electrons. The first kappa shape index (κ1) is 19.8. The van der Waals surface area contributed by atoms with Gasteiger partial charge in [-0.1, -0.05) is 30.3 Å². The Bertz CT molecular complexity index is 619. The number of hydrogen-bond acceptors (Lipinski definition) is 5. The number of amides is 2. The van der Waals surface area contributed by atoms with Gasteiger partial charge in [0.2, 0.25) is 11.8 Å². The normalized spacial score (nSPS) is 23.9. The van der Waals surface area contributed by atoms with Crippen LogP contribution in [0.15, 0.2) is 30.3 Å². The van der Waals surface area contributed by atoms with E-state index in [1.807, 2.05) is 25.1 Å². The summed E-state index contributed by atoms with van der Waals surface area (Å²) in [7, 11) is 0. The summed E-state index contributed by atoms with van der Waals surface area (Å²) in [6.45, 7) is 7.27. The monoisotopic (exact) mass is 374 g/mol. The van der Waals surface area contributed by atoms with E-state index in [9.17, 15) is 9.59 Å². The van der Waals surface area contributed by atoms with Gasteiger partial charge in [0.15, 0.2) is 0 Å². The van der Waals surface area contributed by atoms with Crippen LogP contribution in [0.1, 0.15) is 18.9 Å². The van der Waals surface area contributed by atoms with Crippen molar-refractivity contribution in [1.29, 1.82) is 0 Å². The molecule has 2 heterocycles. The average molecular weight is 374 g/mol. The first-order chi connectivity index (χ1) is 13.2. The van der Waals surface area contributed by atoms with E-state index in [0.29, 0.717) is 45.8 Å². The maximum Gasteiger partial charge on any atom is 0.237 e. The minimum absolute atomic E-state index is 0.00476. The van der Waals surface area contributed by atoms with Gasteiger partial charge in [-0.3, -0.25) is 19.4 Å². The molecule has 0 unspecified atom stereocenters. The molecule has 3 rings (SSSR count). The number of carbonyl (C=O) groups is 2. The van der Waals surface area contributed by atoms with Gasteiger partial charge in [0, 0.05) is 38.8 Å². The van der Waals surface area contributed by atoms with E-state index < -0.39 is 0 Å². The Labute approximate surface area is 161 Å². The third-order valence-corrected chi connectivity index (χ3v) is 5.12. The molecular formula is C20H30N4O3. The Hall–Kier alpha value is -1.96. The number of carbonyl (C=O) groups excluding carboxylic acids is 2. The average Bonchev–Trinajstić information content (AvgIpc) is 3.05. The molecule has 2 fully saturated rings. The molecule has 2 saturated heterocycles. The van der Waals surface area contributed by atoms with Crippen LogP contribution in [0, 0.1) is 0 Å². The van der Waals surface area contributed by atoms with E-state index in [-0.39, 0.29) is 23.9 Å². The quantitative estimate of drug-likeness (QED) is 0.714. The Morgan fingerprint density at radius 3 is 2.63 bits per heavy atom. The molecule has 0 aromatic heterocycles. The van der Waals surface area contributed by atoms with Crippen molar-refractivity contribution in [1.82, 2.24) is 20.4 Å². The van der Waals surface area contributed by atoms with Gasteiger partial charge in [-0.25, -0.2) is 0 Å². The Kier molecular flexibility index (Phi) is 7.20. The van der Waals surface area contributed by atoms with Crippen LogP contribution in [0.25, 0.3) is 0 Å². The second-order valence-corrected chi connectivity index (χ2v) is 7.21. The number of likely N-dealkylation sites (tertiary alicyclic amines) is 1. The first-order valence-corrected chi connectivity index (χ1v) is 9.81. The standard InChI is InChI=1S/C20H30N4O3/c1-2-21-20(26)18-12-17(14-24(18)13-16-6-4-3-5-7-16)22-19(25)15-23-8-10-27-11-9-23/h3-7,17-18H,2,8-15H2,1H3,(H,21,26)(H,22,25)/t17-,18+/m1/s1. The topological polar surface area (TPSA) is 73.9 Å². The van der Waals surface area contributed by atoms with Crippen LogP contribution >= 0.6 is 0 Å². The predicted octanol–water partition coefficient (Wildman–Crippen LogP) is 0.214. The van der Waals surface area contributed by atoms with Gasteiger partial charge < -0.3 is 15.4 Å². The van der Waals surface area contributed by atoms with E-state index in [0.717, 1.165) is 13.1 Å². The van der Waals surface area contributed by atoms with Crippen molar-refractivity contribution in [3.05, 3.63) is 35.9 Å². The maximum atomic E-state index is 12.5. The number of morpholine rings is 1. The molecule has 0 saturated carbocycles. The Morgan fingerprint density at radius 2 is 1.93 bits per heavy atom. The van der Waals surface area contributed by atoms with Gasteiger partial charge in [-0.2, -0.15) is 0 Å². The van der Waals surface area contributed by atoms with E-state index in [1.165, 1.54) is 5.56 Å². The lowest BCUT2D eigenvalue weighted by molar-refractivity contribution is -0.126. The molecule has 7 heteroatoms. The fourth-order valence-corrected chi connectivity index (χ4v) is 3.80. The summed E-state index contributed by atoms with van der Waals surface area (Å²) >= 11 is 0. The smallest absolute Gasteiger partial charge is 0.237 e. The fraction of sp³-hybridized carbons (Fsp3) is 0.600. The summed E-state index contributed by atoms with van der Waals surface area (Å²) < 4.78 is 5.32. The van der Waals surface area contributed by atoms with Crippen molar-refractivity contribution in [2.75, 3.05) is 45.9 Å². The molecule has 1 aromatic rings. The van der Waals surface area contributed by atoms with E-state index in [2.05, 4.69) is 32.6 Å². The number of ether oxygens (including phenoxy) is 1. The lowest BCUT2D eigenvalue weighted by Crippen LogP contribution is -2.46. The molecule has 2 aliphatic heterocycles. The molecule has 2 atom stereocenters. The molecule has 1 aromatic carbocycles. The summed E-state index contributed by atoms with van der Waals surface area (Å²) in [5, 5.41) is 6.05. The van der Waals surface area contributed by atoms with Crippen LogP contribution in [-0.2, 0) is 20.9 Å². The van der Waals surface area contributed by atoms with E-state index >= 15 is 0 Å². The Morgan fingerprint density at radius 1 is 1.19 bits per heavy atom. The predicted molar refractivity (Wildman–Crippen MR) is 103 cm³/mol. The van der Waals surface area contributed by atoms with Crippen molar-refractivity contribution in [3.63, 3.8) is 0 Å². The summed E-state index contributed by atoms with van der Waals surface area (Å²) in [5.41, 5.74) is 1.17. The zero-order chi connectivity index (χ0) is 19.1. The van der Waals surface area contributed by atoms with Crippen LogP contribution in [-0.4, -0.2) is 79.6 Å². The highest BCUT2D eigenvalue weighted by Gasteiger charge is 2.37. The maximum absolute atomic E-state index is 12.5. The van der Waals surface area contributed by atoms with Crippen LogP contribution in [0.4, 0.5) is 0 Å². The minimum atomic E-state index is -0.209. The summed E-state index contributed by atoms with van der Waals surface area (Å²) in [5.74, 6) is 0.0662. The zero-order valence-corrected chi connectivity index (χ0v) is 16.0. The number of hydrogen-bond donors (Lipinski definition) is 2. The van der Waals surface area contributed by atoms with Crippen LogP contribution in [0.2, 0.25) is 0 Å². The molecule has 2 aliphatic rings. The van der Waals surface area contributed by atoms with Gasteiger partial charge in [0.25, 0.3) is 0 Å². The molecule has 2 amide bonds. The molecule has 148 valence electrons. The molecule has 27 heavy (non-hydrogen) atoms. The third kappa shape index (κ3) is 5.76. The first-order valence-electron chi connectivity index (χ1n) is 9.81. The van der Waals surface area contributed by atoms with Gasteiger partial charge in [-0.15, -0.1) is 0 Å². The van der Waals surface area contributed by atoms with E-state index in [4.69, 9.17) is 4.74 Å².